The van der Waals surface area contributed by atoms with E-state index in [1.165, 1.54) is 38.5 Å². The highest BCUT2D eigenvalue weighted by Crippen LogP contribution is 2.60. The molecule has 4 rings (SSSR count). The van der Waals surface area contributed by atoms with Gasteiger partial charge in [-0.1, -0.05) is 75.3 Å². The molecule has 0 spiro atoms. The minimum absolute atomic E-state index is 0.0409. The molecule has 0 heterocycles. The Kier molecular flexibility index (Phi) is 9.96. The van der Waals surface area contributed by atoms with Crippen molar-refractivity contribution >= 4 is 0 Å². The summed E-state index contributed by atoms with van der Waals surface area (Å²) in [7, 11) is 0. The molecular weight excluding hydrogens is 484 g/mol. The number of aliphatic hydroxyl groups is 3. The minimum Gasteiger partial charge on any atom is -0.393 e. The van der Waals surface area contributed by atoms with Gasteiger partial charge in [-0.25, -0.2) is 0 Å². The van der Waals surface area contributed by atoms with Gasteiger partial charge in [-0.3, -0.25) is 0 Å². The number of ether oxygens (including phenoxy) is 1. The van der Waals surface area contributed by atoms with Gasteiger partial charge in [0.2, 0.25) is 0 Å². The molecule has 0 aromatic heterocycles. The number of hydrogen-bond acceptors (Lipinski definition) is 4. The maximum Gasteiger partial charge on any atom is 0.0851 e. The summed E-state index contributed by atoms with van der Waals surface area (Å²) in [6, 6.07) is 7.81. The van der Waals surface area contributed by atoms with E-state index in [2.05, 4.69) is 32.6 Å². The fourth-order valence-electron chi connectivity index (χ4n) is 7.83. The van der Waals surface area contributed by atoms with Gasteiger partial charge in [0.1, 0.15) is 0 Å². The Morgan fingerprint density at radius 2 is 1.87 bits per heavy atom. The van der Waals surface area contributed by atoms with Crippen LogP contribution in [0, 0.1) is 23.2 Å². The predicted molar refractivity (Wildman–Crippen MR) is 159 cm³/mol. The first-order valence-electron chi connectivity index (χ1n) is 15.3. The van der Waals surface area contributed by atoms with E-state index in [1.54, 1.807) is 5.57 Å². The summed E-state index contributed by atoms with van der Waals surface area (Å²) in [5, 5.41) is 30.1. The predicted octanol–water partition coefficient (Wildman–Crippen LogP) is 7.42. The Hall–Kier alpha value is -1.72. The zero-order valence-electron chi connectivity index (χ0n) is 24.8. The molecule has 0 saturated heterocycles. The number of aliphatic hydroxyl groups excluding tert-OH is 2. The molecule has 0 amide bonds. The molecule has 3 N–H and O–H groups in total. The second-order valence-electron chi connectivity index (χ2n) is 13.6. The molecule has 6 atom stereocenters. The van der Waals surface area contributed by atoms with Gasteiger partial charge in [-0.2, -0.15) is 0 Å². The number of fused-ring (bicyclic) bond motifs is 1. The van der Waals surface area contributed by atoms with Crippen LogP contribution in [0.25, 0.3) is 0 Å². The summed E-state index contributed by atoms with van der Waals surface area (Å²) < 4.78 is 6.23. The van der Waals surface area contributed by atoms with Crippen molar-refractivity contribution in [1.29, 1.82) is 0 Å². The lowest BCUT2D eigenvalue weighted by Gasteiger charge is -2.44. The van der Waals surface area contributed by atoms with E-state index in [4.69, 9.17) is 4.74 Å². The molecule has 0 unspecified atom stereocenters. The van der Waals surface area contributed by atoms with Gasteiger partial charge in [0.05, 0.1) is 31.0 Å². The van der Waals surface area contributed by atoms with E-state index in [0.29, 0.717) is 36.7 Å². The Morgan fingerprint density at radius 1 is 1.15 bits per heavy atom. The van der Waals surface area contributed by atoms with Gasteiger partial charge >= 0.3 is 0 Å². The topological polar surface area (TPSA) is 69.9 Å². The van der Waals surface area contributed by atoms with Crippen LogP contribution in [0.3, 0.4) is 0 Å². The van der Waals surface area contributed by atoms with Gasteiger partial charge in [-0.15, -0.1) is 0 Å². The van der Waals surface area contributed by atoms with Crippen LogP contribution in [-0.4, -0.2) is 33.1 Å². The van der Waals surface area contributed by atoms with Crippen molar-refractivity contribution in [3.05, 3.63) is 70.8 Å². The van der Waals surface area contributed by atoms with Gasteiger partial charge in [0.15, 0.2) is 0 Å². The Labute approximate surface area is 236 Å². The highest BCUT2D eigenvalue weighted by atomic mass is 16.5. The summed E-state index contributed by atoms with van der Waals surface area (Å²) in [6.45, 7) is 13.7. The lowest BCUT2D eigenvalue weighted by Crippen LogP contribution is -2.36. The summed E-state index contributed by atoms with van der Waals surface area (Å²) in [4.78, 5) is 0. The monoisotopic (exact) mass is 536 g/mol. The molecule has 39 heavy (non-hydrogen) atoms. The lowest BCUT2D eigenvalue weighted by atomic mass is 9.60. The molecule has 3 saturated carbocycles. The normalized spacial score (nSPS) is 32.5. The van der Waals surface area contributed by atoms with E-state index in [1.807, 2.05) is 38.1 Å². The largest absolute Gasteiger partial charge is 0.393 e. The first-order chi connectivity index (χ1) is 18.5. The molecule has 3 aliphatic rings. The van der Waals surface area contributed by atoms with Crippen molar-refractivity contribution < 1.29 is 20.1 Å². The van der Waals surface area contributed by atoms with E-state index in [0.717, 1.165) is 41.0 Å². The molecule has 0 aliphatic heterocycles. The molecule has 0 radical (unpaired) electrons. The third-order valence-corrected chi connectivity index (χ3v) is 10.1. The number of benzene rings is 1. The molecular formula is C35H52O4. The van der Waals surface area contributed by atoms with Crippen molar-refractivity contribution in [1.82, 2.24) is 0 Å². The van der Waals surface area contributed by atoms with Crippen LogP contribution < -0.4 is 0 Å². The molecule has 3 fully saturated rings. The first-order valence-corrected chi connectivity index (χ1v) is 15.3. The molecule has 4 nitrogen and oxygen atoms in total. The van der Waals surface area contributed by atoms with Crippen LogP contribution in [0.2, 0.25) is 0 Å². The minimum atomic E-state index is -0.567. The van der Waals surface area contributed by atoms with Crippen molar-refractivity contribution in [2.75, 3.05) is 0 Å². The molecule has 3 aliphatic carbocycles. The van der Waals surface area contributed by atoms with Crippen molar-refractivity contribution in [2.24, 2.45) is 23.2 Å². The van der Waals surface area contributed by atoms with Gasteiger partial charge in [-0.05, 0) is 104 Å². The second-order valence-corrected chi connectivity index (χ2v) is 13.6. The van der Waals surface area contributed by atoms with E-state index in [9.17, 15) is 15.3 Å². The molecule has 1 aromatic carbocycles. The first kappa shape index (κ1) is 30.2. The maximum absolute atomic E-state index is 10.7. The SMILES string of the molecule is C=C1/C(=C\C=C2/CCC[C@]3(C)[C@@H]([C@H](C)CCCC(C)(C)O)CC[C@@H]23)C[C@@H](O)C[C@@H]1OCc1ccc(CO)cc1. The van der Waals surface area contributed by atoms with E-state index in [-0.39, 0.29) is 12.7 Å². The van der Waals surface area contributed by atoms with Crippen LogP contribution in [0.4, 0.5) is 0 Å². The highest BCUT2D eigenvalue weighted by Gasteiger charge is 2.50. The number of allylic oxidation sites excluding steroid dienone is 3. The van der Waals surface area contributed by atoms with Crippen molar-refractivity contribution in [2.45, 2.75) is 123 Å². The quantitative estimate of drug-likeness (QED) is 0.291. The average Bonchev–Trinajstić information content (AvgIpc) is 3.25. The van der Waals surface area contributed by atoms with Gasteiger partial charge < -0.3 is 20.1 Å². The highest BCUT2D eigenvalue weighted by molar-refractivity contribution is 5.39. The third kappa shape index (κ3) is 7.52. The molecule has 216 valence electrons. The summed E-state index contributed by atoms with van der Waals surface area (Å²) in [5.74, 6) is 2.07. The van der Waals surface area contributed by atoms with E-state index >= 15 is 0 Å². The summed E-state index contributed by atoms with van der Waals surface area (Å²) >= 11 is 0. The van der Waals surface area contributed by atoms with Crippen molar-refractivity contribution in [3.8, 4) is 0 Å². The number of rotatable bonds is 10. The molecule has 4 heteroatoms. The van der Waals surface area contributed by atoms with Crippen LogP contribution in [-0.2, 0) is 18.0 Å². The Morgan fingerprint density at radius 3 is 2.56 bits per heavy atom. The van der Waals surface area contributed by atoms with Crippen LogP contribution in [0.1, 0.15) is 103 Å². The Bertz CT molecular complexity index is 1030. The van der Waals surface area contributed by atoms with Gasteiger partial charge in [0.25, 0.3) is 0 Å². The van der Waals surface area contributed by atoms with Crippen LogP contribution in [0.15, 0.2) is 59.7 Å². The summed E-state index contributed by atoms with van der Waals surface area (Å²) in [6.07, 6.45) is 14.7. The van der Waals surface area contributed by atoms with Crippen LogP contribution >= 0.6 is 0 Å². The van der Waals surface area contributed by atoms with Crippen molar-refractivity contribution in [3.63, 3.8) is 0 Å². The lowest BCUT2D eigenvalue weighted by molar-refractivity contribution is 0.0163. The third-order valence-electron chi connectivity index (χ3n) is 10.1. The average molecular weight is 537 g/mol. The zero-order chi connectivity index (χ0) is 28.2. The molecule has 0 bridgehead atoms. The second kappa shape index (κ2) is 12.9. The standard InChI is InChI=1S/C35H52O4/c1-24(8-6-18-34(3,4)38)31-16-17-32-28(9-7-19-35(31,32)5)14-15-29-20-30(37)21-33(25(29)2)39-23-27-12-10-26(22-36)11-13-27/h10-15,24,30-33,36-38H,2,6-9,16-23H2,1,3-5H3/b28-14+,29-15-/t24-,30-,31-,32+,33+,35-/m1/s1. The van der Waals surface area contributed by atoms with Crippen LogP contribution in [0.5, 0.6) is 0 Å². The maximum atomic E-state index is 10.7. The van der Waals surface area contributed by atoms with E-state index < -0.39 is 11.7 Å². The summed E-state index contributed by atoms with van der Waals surface area (Å²) in [5.41, 5.74) is 5.43. The smallest absolute Gasteiger partial charge is 0.0851 e. The fourth-order valence-corrected chi connectivity index (χ4v) is 7.83. The Balaban J connectivity index is 1.41. The zero-order valence-corrected chi connectivity index (χ0v) is 24.8. The van der Waals surface area contributed by atoms with Gasteiger partial charge in [0, 0.05) is 6.42 Å². The molecule has 1 aromatic rings. The number of hydrogen-bond donors (Lipinski definition) is 3. The fraction of sp³-hybridized carbons (Fsp3) is 0.657.